The molecule has 1 aliphatic carbocycles. The molecular formula is C12H14BrNO2. The number of rotatable bonds is 4. The Kier molecular flexibility index (Phi) is 3.30. The molecule has 0 amide bonds. The minimum atomic E-state index is -0.673. The average molecular weight is 284 g/mol. The summed E-state index contributed by atoms with van der Waals surface area (Å²) in [6.07, 6.45) is 0.780. The molecule has 0 bridgehead atoms. The normalized spacial score (nSPS) is 23.4. The number of carboxylic acids is 1. The van der Waals surface area contributed by atoms with Gasteiger partial charge in [0.05, 0.1) is 5.92 Å². The van der Waals surface area contributed by atoms with Crippen molar-refractivity contribution in [2.45, 2.75) is 19.0 Å². The smallest absolute Gasteiger partial charge is 0.308 e. The lowest BCUT2D eigenvalue weighted by atomic mass is 10.2. The third-order valence-corrected chi connectivity index (χ3v) is 3.51. The molecule has 1 aliphatic rings. The number of carboxylic acid groups (broad SMARTS) is 1. The number of halogens is 1. The Morgan fingerprint density at radius 2 is 2.12 bits per heavy atom. The van der Waals surface area contributed by atoms with Gasteiger partial charge in [-0.15, -0.1) is 0 Å². The number of hydrogen-bond acceptors (Lipinski definition) is 2. The zero-order chi connectivity index (χ0) is 11.7. The van der Waals surface area contributed by atoms with Crippen LogP contribution in [0.3, 0.4) is 0 Å². The molecule has 0 aromatic heterocycles. The van der Waals surface area contributed by atoms with E-state index < -0.39 is 5.97 Å². The van der Waals surface area contributed by atoms with E-state index in [9.17, 15) is 4.79 Å². The third kappa shape index (κ3) is 2.62. The van der Waals surface area contributed by atoms with Crippen molar-refractivity contribution >= 4 is 21.9 Å². The molecule has 0 spiro atoms. The predicted molar refractivity (Wildman–Crippen MR) is 65.1 cm³/mol. The number of aliphatic carboxylic acids is 1. The second-order valence-electron chi connectivity index (χ2n) is 4.29. The van der Waals surface area contributed by atoms with E-state index in [0.29, 0.717) is 0 Å². The van der Waals surface area contributed by atoms with E-state index in [0.717, 1.165) is 17.4 Å². The molecule has 0 heterocycles. The quantitative estimate of drug-likeness (QED) is 0.922. The van der Waals surface area contributed by atoms with E-state index in [1.54, 1.807) is 0 Å². The molecule has 1 N–H and O–H groups in total. The lowest BCUT2D eigenvalue weighted by Crippen LogP contribution is -2.23. The second-order valence-corrected chi connectivity index (χ2v) is 5.21. The Labute approximate surface area is 103 Å². The molecule has 1 saturated carbocycles. The summed E-state index contributed by atoms with van der Waals surface area (Å²) in [4.78, 5) is 12.9. The Hall–Kier alpha value is -0.870. The fourth-order valence-corrected chi connectivity index (χ4v) is 2.19. The molecule has 1 fully saturated rings. The fraction of sp³-hybridized carbons (Fsp3) is 0.417. The number of hydrogen-bond donors (Lipinski definition) is 1. The largest absolute Gasteiger partial charge is 0.481 e. The highest BCUT2D eigenvalue weighted by atomic mass is 79.9. The van der Waals surface area contributed by atoms with Crippen LogP contribution in [0.4, 0.5) is 0 Å². The average Bonchev–Trinajstić information content (AvgIpc) is 3.01. The van der Waals surface area contributed by atoms with Gasteiger partial charge in [0.15, 0.2) is 0 Å². The number of carbonyl (C=O) groups is 1. The predicted octanol–water partition coefficient (Wildman–Crippen LogP) is 2.35. The van der Waals surface area contributed by atoms with Crippen molar-refractivity contribution in [1.29, 1.82) is 0 Å². The standard InChI is InChI=1S/C12H14BrNO2/c1-14(11-6-10(11)12(15)16)7-8-2-4-9(13)5-3-8/h2-5,10-11H,6-7H2,1H3,(H,15,16). The number of nitrogens with zero attached hydrogens (tertiary/aromatic N) is 1. The van der Waals surface area contributed by atoms with Gasteiger partial charge in [0, 0.05) is 17.1 Å². The summed E-state index contributed by atoms with van der Waals surface area (Å²) in [5.41, 5.74) is 1.21. The van der Waals surface area contributed by atoms with E-state index in [-0.39, 0.29) is 12.0 Å². The van der Waals surface area contributed by atoms with E-state index in [4.69, 9.17) is 5.11 Å². The maximum absolute atomic E-state index is 10.7. The van der Waals surface area contributed by atoms with Crippen LogP contribution < -0.4 is 0 Å². The summed E-state index contributed by atoms with van der Waals surface area (Å²) in [5.74, 6) is -0.840. The molecular weight excluding hydrogens is 270 g/mol. The molecule has 1 aromatic rings. The van der Waals surface area contributed by atoms with Gasteiger partial charge in [0.25, 0.3) is 0 Å². The van der Waals surface area contributed by atoms with Crippen LogP contribution in [0.2, 0.25) is 0 Å². The molecule has 0 aliphatic heterocycles. The van der Waals surface area contributed by atoms with Crippen molar-refractivity contribution in [3.63, 3.8) is 0 Å². The highest BCUT2D eigenvalue weighted by Gasteiger charge is 2.45. The summed E-state index contributed by atoms with van der Waals surface area (Å²) in [6, 6.07) is 8.33. The Bertz CT molecular complexity index is 391. The molecule has 16 heavy (non-hydrogen) atoms. The van der Waals surface area contributed by atoms with Crippen molar-refractivity contribution < 1.29 is 9.90 Å². The first-order valence-electron chi connectivity index (χ1n) is 5.25. The van der Waals surface area contributed by atoms with Gasteiger partial charge in [0.2, 0.25) is 0 Å². The zero-order valence-electron chi connectivity index (χ0n) is 9.06. The Morgan fingerprint density at radius 3 is 2.62 bits per heavy atom. The molecule has 4 heteroatoms. The molecule has 2 unspecified atom stereocenters. The molecule has 1 aromatic carbocycles. The van der Waals surface area contributed by atoms with Gasteiger partial charge in [-0.3, -0.25) is 9.69 Å². The highest BCUT2D eigenvalue weighted by Crippen LogP contribution is 2.35. The molecule has 86 valence electrons. The Morgan fingerprint density at radius 1 is 1.50 bits per heavy atom. The lowest BCUT2D eigenvalue weighted by Gasteiger charge is -2.16. The topological polar surface area (TPSA) is 40.5 Å². The summed E-state index contributed by atoms with van der Waals surface area (Å²) < 4.78 is 1.06. The van der Waals surface area contributed by atoms with Crippen LogP contribution in [-0.4, -0.2) is 29.1 Å². The molecule has 2 rings (SSSR count). The number of benzene rings is 1. The summed E-state index contributed by atoms with van der Waals surface area (Å²) in [5, 5.41) is 8.84. The van der Waals surface area contributed by atoms with Crippen molar-refractivity contribution in [3.8, 4) is 0 Å². The van der Waals surface area contributed by atoms with Gasteiger partial charge in [-0.05, 0) is 31.2 Å². The maximum atomic E-state index is 10.7. The Balaban J connectivity index is 1.91. The molecule has 3 nitrogen and oxygen atoms in total. The van der Waals surface area contributed by atoms with Crippen molar-refractivity contribution in [2.75, 3.05) is 7.05 Å². The summed E-state index contributed by atoms with van der Waals surface area (Å²) in [7, 11) is 1.98. The van der Waals surface area contributed by atoms with Gasteiger partial charge in [-0.25, -0.2) is 0 Å². The van der Waals surface area contributed by atoms with Gasteiger partial charge in [-0.1, -0.05) is 28.1 Å². The SMILES string of the molecule is CN(Cc1ccc(Br)cc1)C1CC1C(=O)O. The van der Waals surface area contributed by atoms with Crippen LogP contribution in [0.5, 0.6) is 0 Å². The maximum Gasteiger partial charge on any atom is 0.308 e. The molecule has 0 saturated heterocycles. The van der Waals surface area contributed by atoms with Crippen LogP contribution in [0, 0.1) is 5.92 Å². The van der Waals surface area contributed by atoms with Crippen molar-refractivity contribution in [1.82, 2.24) is 4.90 Å². The van der Waals surface area contributed by atoms with Crippen LogP contribution in [0.15, 0.2) is 28.7 Å². The molecule has 0 radical (unpaired) electrons. The van der Waals surface area contributed by atoms with E-state index in [1.165, 1.54) is 5.56 Å². The van der Waals surface area contributed by atoms with Crippen LogP contribution >= 0.6 is 15.9 Å². The second kappa shape index (κ2) is 4.55. The highest BCUT2D eigenvalue weighted by molar-refractivity contribution is 9.10. The van der Waals surface area contributed by atoms with E-state index in [1.807, 2.05) is 19.2 Å². The third-order valence-electron chi connectivity index (χ3n) is 2.99. The van der Waals surface area contributed by atoms with Crippen LogP contribution in [0.1, 0.15) is 12.0 Å². The first-order valence-corrected chi connectivity index (χ1v) is 6.04. The van der Waals surface area contributed by atoms with Crippen LogP contribution in [-0.2, 0) is 11.3 Å². The van der Waals surface area contributed by atoms with Crippen molar-refractivity contribution in [2.24, 2.45) is 5.92 Å². The first kappa shape index (κ1) is 11.6. The van der Waals surface area contributed by atoms with Crippen molar-refractivity contribution in [3.05, 3.63) is 34.3 Å². The van der Waals surface area contributed by atoms with Gasteiger partial charge in [-0.2, -0.15) is 0 Å². The summed E-state index contributed by atoms with van der Waals surface area (Å²) in [6.45, 7) is 0.807. The van der Waals surface area contributed by atoms with E-state index in [2.05, 4.69) is 33.0 Å². The first-order chi connectivity index (χ1) is 7.58. The zero-order valence-corrected chi connectivity index (χ0v) is 10.6. The molecule has 2 atom stereocenters. The lowest BCUT2D eigenvalue weighted by molar-refractivity contribution is -0.138. The monoisotopic (exact) mass is 283 g/mol. The minimum absolute atomic E-state index is 0.166. The summed E-state index contributed by atoms with van der Waals surface area (Å²) >= 11 is 3.39. The van der Waals surface area contributed by atoms with Gasteiger partial charge in [0.1, 0.15) is 0 Å². The van der Waals surface area contributed by atoms with Gasteiger partial charge >= 0.3 is 5.97 Å². The van der Waals surface area contributed by atoms with Crippen LogP contribution in [0.25, 0.3) is 0 Å². The van der Waals surface area contributed by atoms with E-state index >= 15 is 0 Å². The van der Waals surface area contributed by atoms with Gasteiger partial charge < -0.3 is 5.11 Å². The fourth-order valence-electron chi connectivity index (χ4n) is 1.93. The minimum Gasteiger partial charge on any atom is -0.481 e.